The lowest BCUT2D eigenvalue weighted by molar-refractivity contribution is -0.131. The predicted octanol–water partition coefficient (Wildman–Crippen LogP) is 1.83. The van der Waals surface area contributed by atoms with Gasteiger partial charge < -0.3 is 15.0 Å². The summed E-state index contributed by atoms with van der Waals surface area (Å²) in [5.41, 5.74) is 0.875. The van der Waals surface area contributed by atoms with Crippen molar-refractivity contribution >= 4 is 5.91 Å². The minimum Gasteiger partial charge on any atom is -0.367 e. The molecule has 0 aliphatic carbocycles. The third-order valence-electron chi connectivity index (χ3n) is 3.22. The fraction of sp³-hybridized carbons (Fsp3) is 0.533. The summed E-state index contributed by atoms with van der Waals surface area (Å²) in [6.07, 6.45) is -0.537. The third kappa shape index (κ3) is 5.01. The van der Waals surface area contributed by atoms with Crippen molar-refractivity contribution in [3.8, 4) is 0 Å². The van der Waals surface area contributed by atoms with Crippen LogP contribution in [-0.4, -0.2) is 44.1 Å². The van der Waals surface area contributed by atoms with Crippen LogP contribution in [0.15, 0.2) is 30.3 Å². The second kappa shape index (κ2) is 7.92. The van der Waals surface area contributed by atoms with Gasteiger partial charge in [0.2, 0.25) is 0 Å². The molecule has 106 valence electrons. The molecule has 1 aromatic rings. The summed E-state index contributed by atoms with van der Waals surface area (Å²) >= 11 is 0. The maximum absolute atomic E-state index is 12.1. The number of amides is 1. The van der Waals surface area contributed by atoms with E-state index in [2.05, 4.69) is 24.1 Å². The second-order valence-corrected chi connectivity index (χ2v) is 4.89. The minimum absolute atomic E-state index is 0.0918. The van der Waals surface area contributed by atoms with E-state index < -0.39 is 6.10 Å². The van der Waals surface area contributed by atoms with E-state index in [1.54, 1.807) is 7.11 Å². The Kier molecular flexibility index (Phi) is 6.53. The molecule has 0 bridgehead atoms. The van der Waals surface area contributed by atoms with Crippen molar-refractivity contribution in [3.05, 3.63) is 35.9 Å². The molecule has 4 nitrogen and oxygen atoms in total. The molecule has 1 atom stereocenters. The molecular formula is C15H24N2O2. The molecule has 4 heteroatoms. The van der Waals surface area contributed by atoms with Crippen molar-refractivity contribution < 1.29 is 9.53 Å². The van der Waals surface area contributed by atoms with E-state index in [4.69, 9.17) is 4.74 Å². The summed E-state index contributed by atoms with van der Waals surface area (Å²) in [7, 11) is 3.60. The maximum Gasteiger partial charge on any atom is 0.253 e. The molecule has 1 rings (SSSR count). The van der Waals surface area contributed by atoms with Crippen LogP contribution < -0.4 is 5.32 Å². The van der Waals surface area contributed by atoms with Crippen molar-refractivity contribution in [1.29, 1.82) is 0 Å². The van der Waals surface area contributed by atoms with Crippen LogP contribution in [-0.2, 0) is 9.53 Å². The monoisotopic (exact) mass is 264 g/mol. The van der Waals surface area contributed by atoms with Crippen molar-refractivity contribution in [2.24, 2.45) is 0 Å². The number of hydrogen-bond donors (Lipinski definition) is 1. The Hall–Kier alpha value is -1.39. The Bertz CT molecular complexity index is 379. The number of likely N-dealkylation sites (N-methyl/N-ethyl adjacent to an activating group) is 1. The first kappa shape index (κ1) is 15.7. The summed E-state index contributed by atoms with van der Waals surface area (Å²) in [6.45, 7) is 5.71. The van der Waals surface area contributed by atoms with Crippen LogP contribution >= 0.6 is 0 Å². The Morgan fingerprint density at radius 1 is 1.32 bits per heavy atom. The number of hydrogen-bond acceptors (Lipinski definition) is 3. The molecule has 0 fully saturated rings. The molecule has 19 heavy (non-hydrogen) atoms. The average molecular weight is 264 g/mol. The van der Waals surface area contributed by atoms with E-state index in [9.17, 15) is 4.79 Å². The summed E-state index contributed by atoms with van der Waals surface area (Å²) in [5, 5.41) is 2.91. The van der Waals surface area contributed by atoms with E-state index >= 15 is 0 Å². The van der Waals surface area contributed by atoms with Gasteiger partial charge in [-0.25, -0.2) is 0 Å². The lowest BCUT2D eigenvalue weighted by Gasteiger charge is -2.22. The number of nitrogens with one attached hydrogen (secondary N) is 1. The number of carbonyl (C=O) groups excluding carboxylic acids is 1. The van der Waals surface area contributed by atoms with Crippen LogP contribution in [0, 0.1) is 0 Å². The number of benzene rings is 1. The van der Waals surface area contributed by atoms with E-state index in [0.29, 0.717) is 12.6 Å². The van der Waals surface area contributed by atoms with E-state index in [-0.39, 0.29) is 5.91 Å². The van der Waals surface area contributed by atoms with Gasteiger partial charge in [0.15, 0.2) is 6.10 Å². The molecule has 0 spiro atoms. The zero-order chi connectivity index (χ0) is 14.3. The molecule has 1 N–H and O–H groups in total. The standard InChI is InChI=1S/C15H24N2O2/c1-12(2)17(3)11-10-16-15(18)14(19-4)13-8-6-5-7-9-13/h5-9,12,14H,10-11H2,1-4H3,(H,16,18). The zero-order valence-electron chi connectivity index (χ0n) is 12.2. The van der Waals surface area contributed by atoms with Gasteiger partial charge in [0.05, 0.1) is 0 Å². The van der Waals surface area contributed by atoms with Crippen LogP contribution in [0.25, 0.3) is 0 Å². The molecule has 1 unspecified atom stereocenters. The number of rotatable bonds is 7. The molecule has 1 aromatic carbocycles. The van der Waals surface area contributed by atoms with Gasteiger partial charge in [0.25, 0.3) is 5.91 Å². The third-order valence-corrected chi connectivity index (χ3v) is 3.22. The van der Waals surface area contributed by atoms with Gasteiger partial charge in [-0.3, -0.25) is 4.79 Å². The first-order valence-electron chi connectivity index (χ1n) is 6.62. The highest BCUT2D eigenvalue weighted by Gasteiger charge is 2.19. The van der Waals surface area contributed by atoms with Gasteiger partial charge in [-0.2, -0.15) is 0 Å². The number of methoxy groups -OCH3 is 1. The van der Waals surface area contributed by atoms with E-state index in [1.807, 2.05) is 37.4 Å². The number of nitrogens with zero attached hydrogens (tertiary/aromatic N) is 1. The highest BCUT2D eigenvalue weighted by molar-refractivity contribution is 5.82. The maximum atomic E-state index is 12.1. The Morgan fingerprint density at radius 3 is 2.47 bits per heavy atom. The molecule has 0 saturated heterocycles. The predicted molar refractivity (Wildman–Crippen MR) is 77.0 cm³/mol. The molecule has 0 radical (unpaired) electrons. The van der Waals surface area contributed by atoms with Gasteiger partial charge in [-0.1, -0.05) is 30.3 Å². The summed E-state index contributed by atoms with van der Waals surface area (Å²) in [6, 6.07) is 10.0. The molecule has 1 amide bonds. The number of ether oxygens (including phenoxy) is 1. The van der Waals surface area contributed by atoms with Crippen LogP contribution in [0.5, 0.6) is 0 Å². The quantitative estimate of drug-likeness (QED) is 0.817. The second-order valence-electron chi connectivity index (χ2n) is 4.89. The van der Waals surface area contributed by atoms with Gasteiger partial charge >= 0.3 is 0 Å². The Morgan fingerprint density at radius 2 is 1.95 bits per heavy atom. The SMILES string of the molecule is COC(C(=O)NCCN(C)C(C)C)c1ccccc1. The lowest BCUT2D eigenvalue weighted by Crippen LogP contribution is -2.38. The fourth-order valence-electron chi connectivity index (χ4n) is 1.73. The van der Waals surface area contributed by atoms with Gasteiger partial charge in [-0.05, 0) is 26.5 Å². The van der Waals surface area contributed by atoms with E-state index in [0.717, 1.165) is 12.1 Å². The van der Waals surface area contributed by atoms with Crippen molar-refractivity contribution in [1.82, 2.24) is 10.2 Å². The molecule has 0 aromatic heterocycles. The fourth-order valence-corrected chi connectivity index (χ4v) is 1.73. The minimum atomic E-state index is -0.537. The zero-order valence-corrected chi connectivity index (χ0v) is 12.2. The van der Waals surface area contributed by atoms with Crippen LogP contribution in [0.3, 0.4) is 0 Å². The molecular weight excluding hydrogens is 240 g/mol. The Balaban J connectivity index is 2.47. The molecule has 0 aliphatic rings. The van der Waals surface area contributed by atoms with E-state index in [1.165, 1.54) is 0 Å². The first-order chi connectivity index (χ1) is 9.06. The lowest BCUT2D eigenvalue weighted by atomic mass is 10.1. The van der Waals surface area contributed by atoms with Crippen molar-refractivity contribution in [2.75, 3.05) is 27.2 Å². The normalized spacial score (nSPS) is 12.7. The molecule has 0 saturated carbocycles. The molecule has 0 heterocycles. The van der Waals surface area contributed by atoms with Crippen molar-refractivity contribution in [2.45, 2.75) is 26.0 Å². The van der Waals surface area contributed by atoms with Gasteiger partial charge in [0.1, 0.15) is 0 Å². The topological polar surface area (TPSA) is 41.6 Å². The van der Waals surface area contributed by atoms with Gasteiger partial charge in [-0.15, -0.1) is 0 Å². The highest BCUT2D eigenvalue weighted by Crippen LogP contribution is 2.15. The summed E-state index contributed by atoms with van der Waals surface area (Å²) in [4.78, 5) is 14.3. The smallest absolute Gasteiger partial charge is 0.253 e. The van der Waals surface area contributed by atoms with Crippen molar-refractivity contribution in [3.63, 3.8) is 0 Å². The van der Waals surface area contributed by atoms with Gasteiger partial charge in [0, 0.05) is 26.2 Å². The largest absolute Gasteiger partial charge is 0.367 e. The Labute approximate surface area is 115 Å². The molecule has 0 aliphatic heterocycles. The summed E-state index contributed by atoms with van der Waals surface area (Å²) < 4.78 is 5.28. The average Bonchev–Trinajstić information content (AvgIpc) is 2.40. The van der Waals surface area contributed by atoms with Crippen LogP contribution in [0.1, 0.15) is 25.5 Å². The van der Waals surface area contributed by atoms with Crippen LogP contribution in [0.4, 0.5) is 0 Å². The first-order valence-corrected chi connectivity index (χ1v) is 6.62. The van der Waals surface area contributed by atoms with Crippen LogP contribution in [0.2, 0.25) is 0 Å². The summed E-state index contributed by atoms with van der Waals surface area (Å²) in [5.74, 6) is -0.0918. The number of carbonyl (C=O) groups is 1. The highest BCUT2D eigenvalue weighted by atomic mass is 16.5.